The summed E-state index contributed by atoms with van der Waals surface area (Å²) in [6.07, 6.45) is 5.68. The Bertz CT molecular complexity index is 460. The largest absolute Gasteiger partial charge is 0.463 e. The molecule has 0 amide bonds. The van der Waals surface area contributed by atoms with Gasteiger partial charge in [0.05, 0.1) is 6.61 Å². The fraction of sp³-hybridized carbons (Fsp3) is 0.200. The maximum absolute atomic E-state index is 11.2. The first-order valence-electron chi connectivity index (χ1n) is 5.95. The molecule has 0 atom stereocenters. The van der Waals surface area contributed by atoms with E-state index in [0.29, 0.717) is 0 Å². The lowest BCUT2D eigenvalue weighted by molar-refractivity contribution is -0.139. The summed E-state index contributed by atoms with van der Waals surface area (Å²) in [7, 11) is 0. The first kappa shape index (κ1) is 14.7. The van der Waals surface area contributed by atoms with Crippen LogP contribution in [0.4, 0.5) is 0 Å². The number of hydrogen-bond acceptors (Lipinski definition) is 4. The molecule has 1 aromatic carbocycles. The number of carbonyl (C=O) groups is 2. The Morgan fingerprint density at radius 2 is 1.68 bits per heavy atom. The quantitative estimate of drug-likeness (QED) is 0.582. The average molecular weight is 260 g/mol. The minimum atomic E-state index is -0.578. The van der Waals surface area contributed by atoms with Crippen molar-refractivity contribution >= 4 is 18.0 Å². The van der Waals surface area contributed by atoms with Gasteiger partial charge < -0.3 is 9.47 Å². The number of rotatable bonds is 6. The molecule has 1 aromatic rings. The third kappa shape index (κ3) is 6.83. The van der Waals surface area contributed by atoms with Crippen LogP contribution in [-0.4, -0.2) is 25.2 Å². The number of hydrogen-bond donors (Lipinski definition) is 0. The van der Waals surface area contributed by atoms with E-state index in [1.165, 1.54) is 0 Å². The predicted molar refractivity (Wildman–Crippen MR) is 72.2 cm³/mol. The lowest BCUT2D eigenvalue weighted by Gasteiger charge is -1.97. The van der Waals surface area contributed by atoms with E-state index < -0.39 is 11.9 Å². The maximum atomic E-state index is 11.2. The van der Waals surface area contributed by atoms with Crippen LogP contribution in [0.1, 0.15) is 12.5 Å². The van der Waals surface area contributed by atoms with Crippen molar-refractivity contribution < 1.29 is 19.1 Å². The van der Waals surface area contributed by atoms with Crippen molar-refractivity contribution in [3.8, 4) is 0 Å². The molecule has 0 saturated heterocycles. The second kappa shape index (κ2) is 8.69. The van der Waals surface area contributed by atoms with Crippen LogP contribution in [0, 0.1) is 0 Å². The van der Waals surface area contributed by atoms with Crippen LogP contribution in [-0.2, 0) is 19.1 Å². The van der Waals surface area contributed by atoms with Gasteiger partial charge in [0.1, 0.15) is 6.61 Å². The first-order chi connectivity index (χ1) is 9.22. The summed E-state index contributed by atoms with van der Waals surface area (Å²) >= 11 is 0. The smallest absolute Gasteiger partial charge is 0.331 e. The summed E-state index contributed by atoms with van der Waals surface area (Å²) in [6, 6.07) is 9.66. The molecule has 0 aliphatic carbocycles. The van der Waals surface area contributed by atoms with Crippen molar-refractivity contribution in [1.82, 2.24) is 0 Å². The normalized spacial score (nSPS) is 10.8. The highest BCUT2D eigenvalue weighted by atomic mass is 16.5. The Morgan fingerprint density at radius 3 is 2.32 bits per heavy atom. The van der Waals surface area contributed by atoms with Crippen molar-refractivity contribution in [2.75, 3.05) is 13.2 Å². The van der Waals surface area contributed by atoms with Gasteiger partial charge in [-0.15, -0.1) is 0 Å². The van der Waals surface area contributed by atoms with E-state index in [0.717, 1.165) is 17.7 Å². The summed E-state index contributed by atoms with van der Waals surface area (Å²) < 4.78 is 9.50. The maximum Gasteiger partial charge on any atom is 0.331 e. The highest BCUT2D eigenvalue weighted by Crippen LogP contribution is 2.00. The minimum Gasteiger partial charge on any atom is -0.463 e. The van der Waals surface area contributed by atoms with Crippen LogP contribution in [0.5, 0.6) is 0 Å². The molecule has 19 heavy (non-hydrogen) atoms. The molecule has 0 heterocycles. The summed E-state index contributed by atoms with van der Waals surface area (Å²) in [6.45, 7) is 2.12. The summed E-state index contributed by atoms with van der Waals surface area (Å²) in [5.41, 5.74) is 1.03. The van der Waals surface area contributed by atoms with Crippen molar-refractivity contribution in [2.45, 2.75) is 6.92 Å². The van der Waals surface area contributed by atoms with E-state index in [1.807, 2.05) is 36.4 Å². The average Bonchev–Trinajstić information content (AvgIpc) is 2.43. The van der Waals surface area contributed by atoms with E-state index in [1.54, 1.807) is 13.0 Å². The zero-order valence-electron chi connectivity index (χ0n) is 10.7. The van der Waals surface area contributed by atoms with Gasteiger partial charge in [-0.25, -0.2) is 9.59 Å². The summed E-state index contributed by atoms with van der Waals surface area (Å²) in [5, 5.41) is 0. The Balaban J connectivity index is 2.27. The molecule has 4 heteroatoms. The number of benzene rings is 1. The van der Waals surface area contributed by atoms with Gasteiger partial charge in [0.25, 0.3) is 0 Å². The fourth-order valence-corrected chi connectivity index (χ4v) is 1.25. The molecular formula is C15H16O4. The van der Waals surface area contributed by atoms with Gasteiger partial charge in [-0.1, -0.05) is 36.4 Å². The van der Waals surface area contributed by atoms with E-state index in [-0.39, 0.29) is 13.2 Å². The van der Waals surface area contributed by atoms with Crippen molar-refractivity contribution in [1.29, 1.82) is 0 Å². The van der Waals surface area contributed by atoms with Gasteiger partial charge in [0, 0.05) is 12.2 Å². The number of esters is 2. The lowest BCUT2D eigenvalue weighted by atomic mass is 10.2. The predicted octanol–water partition coefficient (Wildman–Crippen LogP) is 2.36. The zero-order valence-corrected chi connectivity index (χ0v) is 10.7. The third-order valence-corrected chi connectivity index (χ3v) is 2.07. The SMILES string of the molecule is CCOC(=O)C=CC(=O)OC/C=C/c1ccccc1. The Morgan fingerprint density at radius 1 is 1.05 bits per heavy atom. The van der Waals surface area contributed by atoms with Gasteiger partial charge in [0.15, 0.2) is 0 Å². The Labute approximate surface area is 112 Å². The first-order valence-corrected chi connectivity index (χ1v) is 5.95. The molecule has 0 spiro atoms. The Kier molecular flexibility index (Phi) is 6.72. The minimum absolute atomic E-state index is 0.154. The number of carbonyl (C=O) groups excluding carboxylic acids is 2. The highest BCUT2D eigenvalue weighted by molar-refractivity contribution is 5.91. The van der Waals surface area contributed by atoms with E-state index >= 15 is 0 Å². The second-order valence-electron chi connectivity index (χ2n) is 3.53. The zero-order chi connectivity index (χ0) is 13.9. The van der Waals surface area contributed by atoms with Gasteiger partial charge in [-0.2, -0.15) is 0 Å². The van der Waals surface area contributed by atoms with E-state index in [4.69, 9.17) is 4.74 Å². The molecule has 0 bridgehead atoms. The van der Waals surface area contributed by atoms with E-state index in [9.17, 15) is 9.59 Å². The molecule has 0 radical (unpaired) electrons. The van der Waals surface area contributed by atoms with Crippen LogP contribution in [0.15, 0.2) is 48.6 Å². The summed E-state index contributed by atoms with van der Waals surface area (Å²) in [5.74, 6) is -1.13. The van der Waals surface area contributed by atoms with Gasteiger partial charge in [0.2, 0.25) is 0 Å². The van der Waals surface area contributed by atoms with E-state index in [2.05, 4.69) is 4.74 Å². The van der Waals surface area contributed by atoms with Crippen molar-refractivity contribution in [3.63, 3.8) is 0 Å². The molecule has 0 N–H and O–H groups in total. The molecule has 4 nitrogen and oxygen atoms in total. The van der Waals surface area contributed by atoms with Crippen LogP contribution >= 0.6 is 0 Å². The highest BCUT2D eigenvalue weighted by Gasteiger charge is 1.98. The summed E-state index contributed by atoms with van der Waals surface area (Å²) in [4.78, 5) is 22.1. The lowest BCUT2D eigenvalue weighted by Crippen LogP contribution is -2.04. The van der Waals surface area contributed by atoms with Gasteiger partial charge in [-0.05, 0) is 18.6 Å². The van der Waals surface area contributed by atoms with Crippen molar-refractivity contribution in [2.24, 2.45) is 0 Å². The molecule has 0 saturated carbocycles. The fourth-order valence-electron chi connectivity index (χ4n) is 1.25. The molecular weight excluding hydrogens is 244 g/mol. The Hall–Kier alpha value is -2.36. The molecule has 100 valence electrons. The molecule has 1 rings (SSSR count). The van der Waals surface area contributed by atoms with Gasteiger partial charge >= 0.3 is 11.9 Å². The monoisotopic (exact) mass is 260 g/mol. The third-order valence-electron chi connectivity index (χ3n) is 2.07. The van der Waals surface area contributed by atoms with Crippen LogP contribution < -0.4 is 0 Å². The molecule has 0 fully saturated rings. The second-order valence-corrected chi connectivity index (χ2v) is 3.53. The van der Waals surface area contributed by atoms with Crippen molar-refractivity contribution in [3.05, 3.63) is 54.1 Å². The molecule has 0 aliphatic heterocycles. The number of ether oxygens (including phenoxy) is 2. The van der Waals surface area contributed by atoms with Crippen LogP contribution in [0.2, 0.25) is 0 Å². The van der Waals surface area contributed by atoms with Gasteiger partial charge in [-0.3, -0.25) is 0 Å². The molecule has 0 aromatic heterocycles. The standard InChI is InChI=1S/C15H16O4/c1-2-18-14(16)10-11-15(17)19-12-6-9-13-7-4-3-5-8-13/h3-11H,2,12H2,1H3/b9-6+,11-10?. The van der Waals surface area contributed by atoms with Crippen LogP contribution in [0.25, 0.3) is 6.08 Å². The molecule has 0 unspecified atom stereocenters. The topological polar surface area (TPSA) is 52.6 Å². The molecule has 0 aliphatic rings. The van der Waals surface area contributed by atoms with Crippen LogP contribution in [0.3, 0.4) is 0 Å².